The van der Waals surface area contributed by atoms with Gasteiger partial charge in [-0.1, -0.05) is 174 Å². The number of benzene rings is 8. The van der Waals surface area contributed by atoms with E-state index in [1.807, 2.05) is 53.1 Å². The summed E-state index contributed by atoms with van der Waals surface area (Å²) in [6.07, 6.45) is 1.70. The topological polar surface area (TPSA) is 33.5 Å². The number of para-hydroxylation sites is 3. The van der Waals surface area contributed by atoms with Gasteiger partial charge in [-0.05, 0) is 80.7 Å². The number of pyridine rings is 1. The van der Waals surface area contributed by atoms with E-state index in [2.05, 4.69) is 198 Å². The van der Waals surface area contributed by atoms with E-state index in [4.69, 9.17) is 13.8 Å². The van der Waals surface area contributed by atoms with E-state index in [0.717, 1.165) is 72.4 Å². The Bertz CT molecular complexity index is 3560. The molecule has 0 radical (unpaired) electrons. The third kappa shape index (κ3) is 8.55. The van der Waals surface area contributed by atoms with Crippen LogP contribution < -0.4 is 14.5 Å². The summed E-state index contributed by atoms with van der Waals surface area (Å²) in [5.41, 5.74) is 13.8. The van der Waals surface area contributed by atoms with E-state index in [9.17, 15) is 0 Å². The summed E-state index contributed by atoms with van der Waals surface area (Å²) in [6, 6.07) is 69.4. The van der Waals surface area contributed by atoms with E-state index in [0.29, 0.717) is 22.9 Å². The quantitative estimate of drug-likeness (QED) is 0.142. The first kappa shape index (κ1) is 41.9. The van der Waals surface area contributed by atoms with Crippen LogP contribution in [0, 0.1) is 25.7 Å². The molecular weight excluding hydrogens is 1020 g/mol. The van der Waals surface area contributed by atoms with Gasteiger partial charge in [-0.25, -0.2) is 4.98 Å². The standard InChI is InChI=1S/C63H53N4O.Pt/c1-42-36-60(64-40-55(42)45-28-30-46(31-29-45)62(2,3)4)67-56-35-32-47(63(5,6)7)37-54(56)53-34-33-50(39-59(53)67)68-49-23-16-22-48(38-49)65-41-66(58-27-15-14-26-57(58)65)61-51(43-18-10-8-11-19-43)24-17-25-52(61)44-20-12-9-13-21-44;/h8-37,40-41H,1-7H3;/q-3;/i1D3;. The van der Waals surface area contributed by atoms with Crippen molar-refractivity contribution in [2.24, 2.45) is 0 Å². The molecule has 69 heavy (non-hydrogen) atoms. The number of ether oxygens (including phenoxy) is 1. The van der Waals surface area contributed by atoms with E-state index in [1.54, 1.807) is 12.3 Å². The first-order valence-electron chi connectivity index (χ1n) is 24.7. The number of nitrogens with zero attached hydrogens (tertiary/aromatic N) is 4. The molecule has 344 valence electrons. The van der Waals surface area contributed by atoms with Crippen LogP contribution in [0.3, 0.4) is 0 Å². The molecule has 8 aromatic carbocycles. The second-order valence-corrected chi connectivity index (χ2v) is 19.6. The summed E-state index contributed by atoms with van der Waals surface area (Å²) in [5, 5.41) is 1.96. The molecule has 10 aromatic rings. The largest absolute Gasteiger partial charge is 0.509 e. The van der Waals surface area contributed by atoms with E-state index < -0.39 is 6.85 Å². The maximum atomic E-state index is 8.73. The number of aromatic nitrogens is 2. The smallest absolute Gasteiger partial charge is 0.135 e. The van der Waals surface area contributed by atoms with Gasteiger partial charge in [0.25, 0.3) is 0 Å². The number of hydrogen-bond donors (Lipinski definition) is 0. The van der Waals surface area contributed by atoms with Crippen LogP contribution in [0.25, 0.3) is 61.0 Å². The molecular formula is C63H53N4OPt-3. The van der Waals surface area contributed by atoms with Crippen LogP contribution in [0.1, 0.15) is 62.3 Å². The Kier molecular flexibility index (Phi) is 11.0. The molecule has 3 heterocycles. The van der Waals surface area contributed by atoms with Gasteiger partial charge in [-0.2, -0.15) is 12.1 Å². The minimum atomic E-state index is -2.41. The van der Waals surface area contributed by atoms with Crippen molar-refractivity contribution in [1.29, 1.82) is 0 Å². The molecule has 0 aliphatic carbocycles. The first-order valence-corrected chi connectivity index (χ1v) is 23.2. The van der Waals surface area contributed by atoms with Crippen molar-refractivity contribution in [3.05, 3.63) is 224 Å². The zero-order chi connectivity index (χ0) is 49.2. The molecule has 11 rings (SSSR count). The van der Waals surface area contributed by atoms with Gasteiger partial charge in [0.1, 0.15) is 5.82 Å². The summed E-state index contributed by atoms with van der Waals surface area (Å²) in [6.45, 7) is 12.8. The third-order valence-corrected chi connectivity index (χ3v) is 13.0. The van der Waals surface area contributed by atoms with Crippen LogP contribution in [0.4, 0.5) is 22.7 Å². The van der Waals surface area contributed by atoms with Crippen LogP contribution in [-0.2, 0) is 31.9 Å². The minimum Gasteiger partial charge on any atom is -0.509 e. The Morgan fingerprint density at radius 1 is 0.536 bits per heavy atom. The maximum absolute atomic E-state index is 8.73. The van der Waals surface area contributed by atoms with Crippen molar-refractivity contribution in [3.63, 3.8) is 0 Å². The molecule has 0 saturated carbocycles. The number of fused-ring (bicyclic) bond motifs is 4. The van der Waals surface area contributed by atoms with E-state index >= 15 is 0 Å². The van der Waals surface area contributed by atoms with Crippen LogP contribution in [0.5, 0.6) is 11.5 Å². The molecule has 0 amide bonds. The Hall–Kier alpha value is -7.20. The van der Waals surface area contributed by atoms with Crippen molar-refractivity contribution in [2.75, 3.05) is 9.80 Å². The van der Waals surface area contributed by atoms with Crippen LogP contribution in [0.2, 0.25) is 0 Å². The zero-order valence-electron chi connectivity index (χ0n) is 42.5. The van der Waals surface area contributed by atoms with Crippen molar-refractivity contribution in [1.82, 2.24) is 9.55 Å². The molecule has 0 atom stereocenters. The molecule has 1 aliphatic heterocycles. The van der Waals surface area contributed by atoms with Crippen molar-refractivity contribution in [3.8, 4) is 50.7 Å². The third-order valence-electron chi connectivity index (χ3n) is 13.0. The van der Waals surface area contributed by atoms with Gasteiger partial charge >= 0.3 is 0 Å². The van der Waals surface area contributed by atoms with Crippen LogP contribution >= 0.6 is 0 Å². The minimum absolute atomic E-state index is 0. The number of anilines is 4. The van der Waals surface area contributed by atoms with Crippen LogP contribution in [-0.4, -0.2) is 9.55 Å². The molecule has 2 aromatic heterocycles. The Morgan fingerprint density at radius 2 is 1.13 bits per heavy atom. The zero-order valence-corrected chi connectivity index (χ0v) is 41.8. The fraction of sp³-hybridized carbons (Fsp3) is 0.143. The first-order chi connectivity index (χ1) is 34.1. The SMILES string of the molecule is [2H]C([2H])([2H])c1cc(-n2c3[c-]c(Oc4[c-]c(N5[CH-]N(c6c(-c7ccccc7)cccc6-c6ccccc6)c6ccccc65)ccc4)ccc3c3cc(C(C)(C)C)ccc32)ncc1-c1ccc(C(C)(C)C)cc1.[Pt]. The van der Waals surface area contributed by atoms with Crippen molar-refractivity contribution >= 4 is 44.6 Å². The Balaban J connectivity index is 0.00000596. The summed E-state index contributed by atoms with van der Waals surface area (Å²) in [5.74, 6) is 1.47. The van der Waals surface area contributed by atoms with Gasteiger partial charge < -0.3 is 19.1 Å². The summed E-state index contributed by atoms with van der Waals surface area (Å²) < 4.78 is 34.9. The average Bonchev–Trinajstić information content (AvgIpc) is 3.91. The maximum Gasteiger partial charge on any atom is 0.135 e. The normalized spacial score (nSPS) is 13.4. The number of rotatable bonds is 8. The van der Waals surface area contributed by atoms with Gasteiger partial charge in [-0.15, -0.1) is 48.1 Å². The second kappa shape index (κ2) is 18.0. The fourth-order valence-electron chi connectivity index (χ4n) is 9.38. The molecule has 6 heteroatoms. The van der Waals surface area contributed by atoms with Gasteiger partial charge in [0.05, 0.1) is 0 Å². The van der Waals surface area contributed by atoms with Crippen LogP contribution in [0.15, 0.2) is 188 Å². The summed E-state index contributed by atoms with van der Waals surface area (Å²) in [7, 11) is 0. The molecule has 0 spiro atoms. The van der Waals surface area contributed by atoms with Gasteiger partial charge in [-0.3, -0.25) is 0 Å². The molecule has 0 unspecified atom stereocenters. The second-order valence-electron chi connectivity index (χ2n) is 19.6. The Morgan fingerprint density at radius 3 is 1.78 bits per heavy atom. The summed E-state index contributed by atoms with van der Waals surface area (Å²) in [4.78, 5) is 9.45. The molecule has 0 saturated heterocycles. The van der Waals surface area contributed by atoms with Gasteiger partial charge in [0, 0.05) is 82.1 Å². The average molecular weight is 1080 g/mol. The molecule has 0 bridgehead atoms. The van der Waals surface area contributed by atoms with Gasteiger partial charge in [0.15, 0.2) is 0 Å². The predicted octanol–water partition coefficient (Wildman–Crippen LogP) is 16.9. The van der Waals surface area contributed by atoms with E-state index in [-0.39, 0.29) is 37.5 Å². The molecule has 0 fully saturated rings. The number of hydrogen-bond acceptors (Lipinski definition) is 4. The fourth-order valence-corrected chi connectivity index (χ4v) is 9.38. The van der Waals surface area contributed by atoms with E-state index in [1.165, 1.54) is 11.1 Å². The number of aryl methyl sites for hydroxylation is 1. The summed E-state index contributed by atoms with van der Waals surface area (Å²) >= 11 is 0. The molecule has 1 aliphatic rings. The monoisotopic (exact) mass is 1080 g/mol. The molecule has 5 nitrogen and oxygen atoms in total. The van der Waals surface area contributed by atoms with Crippen molar-refractivity contribution < 1.29 is 29.9 Å². The van der Waals surface area contributed by atoms with Gasteiger partial charge in [0.2, 0.25) is 0 Å². The predicted molar refractivity (Wildman–Crippen MR) is 283 cm³/mol. The Labute approximate surface area is 425 Å². The van der Waals surface area contributed by atoms with Crippen molar-refractivity contribution in [2.45, 2.75) is 59.2 Å². The molecule has 0 N–H and O–H groups in total.